The topological polar surface area (TPSA) is 84.9 Å². The highest BCUT2D eigenvalue weighted by molar-refractivity contribution is 6.23. The molecule has 2 aromatic carbocycles. The Morgan fingerprint density at radius 2 is 1.58 bits per heavy atom. The van der Waals surface area contributed by atoms with Crippen LogP contribution in [0, 0.1) is 23.7 Å². The van der Waals surface area contributed by atoms with Crippen molar-refractivity contribution in [1.29, 1.82) is 0 Å². The van der Waals surface area contributed by atoms with Crippen molar-refractivity contribution in [2.75, 3.05) is 24.4 Å². The molecule has 1 saturated heterocycles. The van der Waals surface area contributed by atoms with Crippen LogP contribution in [0.3, 0.4) is 0 Å². The van der Waals surface area contributed by atoms with Gasteiger partial charge in [0.05, 0.1) is 37.4 Å². The summed E-state index contributed by atoms with van der Waals surface area (Å²) in [6.07, 6.45) is 5.04. The van der Waals surface area contributed by atoms with Gasteiger partial charge in [0, 0.05) is 11.6 Å². The van der Waals surface area contributed by atoms with E-state index in [2.05, 4.69) is 17.5 Å². The van der Waals surface area contributed by atoms with Crippen LogP contribution in [0.4, 0.5) is 11.4 Å². The Kier molecular flexibility index (Phi) is 4.54. The van der Waals surface area contributed by atoms with Crippen LogP contribution in [0.1, 0.15) is 16.8 Å². The fraction of sp³-hybridized carbons (Fsp3) is 0.292. The monoisotopic (exact) mass is 418 g/mol. The van der Waals surface area contributed by atoms with Crippen molar-refractivity contribution in [2.45, 2.75) is 6.42 Å². The summed E-state index contributed by atoms with van der Waals surface area (Å²) in [6, 6.07) is 11.6. The standard InChI is InChI=1S/C24H22N2O5/c1-30-17-9-10-19(31-2)18(12-17)25-22(27)13-5-7-16(8-6-13)26-23(28)20-14-3-4-15(11-14)21(20)24(26)29/h3-10,12,14-15,20-21H,11H2,1-2H3,(H,25,27)/t14-,15-,20+,21+/m0/s1. The number of nitrogens with one attached hydrogen (secondary N) is 1. The number of methoxy groups -OCH3 is 2. The Morgan fingerprint density at radius 1 is 0.935 bits per heavy atom. The zero-order valence-corrected chi connectivity index (χ0v) is 17.2. The zero-order chi connectivity index (χ0) is 21.7. The Hall–Kier alpha value is -3.61. The van der Waals surface area contributed by atoms with E-state index in [1.807, 2.05) is 0 Å². The van der Waals surface area contributed by atoms with E-state index in [-0.39, 0.29) is 41.4 Å². The number of hydrogen-bond donors (Lipinski definition) is 1. The minimum atomic E-state index is -0.337. The molecule has 158 valence electrons. The van der Waals surface area contributed by atoms with Crippen molar-refractivity contribution in [3.05, 3.63) is 60.2 Å². The van der Waals surface area contributed by atoms with Gasteiger partial charge >= 0.3 is 0 Å². The highest BCUT2D eigenvalue weighted by Gasteiger charge is 2.59. The third kappa shape index (κ3) is 3.00. The Balaban J connectivity index is 1.35. The third-order valence-corrected chi connectivity index (χ3v) is 6.51. The summed E-state index contributed by atoms with van der Waals surface area (Å²) in [7, 11) is 3.07. The summed E-state index contributed by atoms with van der Waals surface area (Å²) < 4.78 is 10.5. The summed E-state index contributed by atoms with van der Waals surface area (Å²) in [5, 5.41) is 2.81. The van der Waals surface area contributed by atoms with Crippen LogP contribution in [0.2, 0.25) is 0 Å². The molecule has 2 aromatic rings. The third-order valence-electron chi connectivity index (χ3n) is 6.51. The maximum atomic E-state index is 12.9. The van der Waals surface area contributed by atoms with E-state index >= 15 is 0 Å². The molecule has 1 N–H and O–H groups in total. The summed E-state index contributed by atoms with van der Waals surface area (Å²) in [5.74, 6) is 0.336. The van der Waals surface area contributed by atoms with E-state index < -0.39 is 0 Å². The highest BCUT2D eigenvalue weighted by Crippen LogP contribution is 2.53. The van der Waals surface area contributed by atoms with E-state index in [1.165, 1.54) is 12.0 Å². The molecular weight excluding hydrogens is 396 g/mol. The number of carbonyl (C=O) groups is 3. The first-order valence-corrected chi connectivity index (χ1v) is 10.2. The normalized spacial score (nSPS) is 25.7. The number of nitrogens with zero attached hydrogens (tertiary/aromatic N) is 1. The molecule has 3 aliphatic rings. The van der Waals surface area contributed by atoms with E-state index in [0.717, 1.165) is 6.42 Å². The van der Waals surface area contributed by atoms with Gasteiger partial charge in [-0.25, -0.2) is 0 Å². The van der Waals surface area contributed by atoms with Gasteiger partial charge in [0.2, 0.25) is 11.8 Å². The van der Waals surface area contributed by atoms with Gasteiger partial charge in [-0.1, -0.05) is 12.2 Å². The van der Waals surface area contributed by atoms with Crippen LogP contribution in [-0.2, 0) is 9.59 Å². The van der Waals surface area contributed by atoms with E-state index in [0.29, 0.717) is 28.4 Å². The molecule has 0 radical (unpaired) electrons. The van der Waals surface area contributed by atoms with Crippen molar-refractivity contribution < 1.29 is 23.9 Å². The predicted octanol–water partition coefficient (Wildman–Crippen LogP) is 3.27. The number of anilines is 2. The van der Waals surface area contributed by atoms with Crippen molar-refractivity contribution in [2.24, 2.45) is 23.7 Å². The summed E-state index contributed by atoms with van der Waals surface area (Å²) in [4.78, 5) is 39.9. The average molecular weight is 418 g/mol. The van der Waals surface area contributed by atoms with Crippen LogP contribution < -0.4 is 19.7 Å². The first-order chi connectivity index (χ1) is 15.0. The minimum Gasteiger partial charge on any atom is -0.497 e. The first-order valence-electron chi connectivity index (χ1n) is 10.2. The van der Waals surface area contributed by atoms with Gasteiger partial charge in [0.15, 0.2) is 0 Å². The number of benzene rings is 2. The molecule has 4 atom stereocenters. The second kappa shape index (κ2) is 7.27. The van der Waals surface area contributed by atoms with Crippen molar-refractivity contribution in [3.8, 4) is 11.5 Å². The maximum absolute atomic E-state index is 12.9. The molecule has 5 rings (SSSR count). The van der Waals surface area contributed by atoms with Gasteiger partial charge in [-0.05, 0) is 54.7 Å². The molecule has 0 unspecified atom stereocenters. The zero-order valence-electron chi connectivity index (χ0n) is 17.2. The molecule has 31 heavy (non-hydrogen) atoms. The van der Waals surface area contributed by atoms with E-state index in [9.17, 15) is 14.4 Å². The quantitative estimate of drug-likeness (QED) is 0.595. The molecule has 7 heteroatoms. The molecular formula is C24H22N2O5. The number of allylic oxidation sites excluding steroid dienone is 2. The van der Waals surface area contributed by atoms with E-state index in [1.54, 1.807) is 49.6 Å². The average Bonchev–Trinajstić information content (AvgIpc) is 3.47. The number of amides is 3. The van der Waals surface area contributed by atoms with Crippen molar-refractivity contribution >= 4 is 29.1 Å². The molecule has 1 aliphatic heterocycles. The van der Waals surface area contributed by atoms with Gasteiger partial charge in [-0.2, -0.15) is 0 Å². The van der Waals surface area contributed by atoms with Gasteiger partial charge in [0.25, 0.3) is 5.91 Å². The summed E-state index contributed by atoms with van der Waals surface area (Å²) >= 11 is 0. The minimum absolute atomic E-state index is 0.134. The predicted molar refractivity (Wildman–Crippen MR) is 114 cm³/mol. The molecule has 0 spiro atoms. The molecule has 2 fully saturated rings. The highest BCUT2D eigenvalue weighted by atomic mass is 16.5. The van der Waals surface area contributed by atoms with Crippen LogP contribution in [-0.4, -0.2) is 31.9 Å². The Bertz CT molecular complexity index is 1080. The number of hydrogen-bond acceptors (Lipinski definition) is 5. The lowest BCUT2D eigenvalue weighted by Crippen LogP contribution is -2.32. The van der Waals surface area contributed by atoms with Crippen molar-refractivity contribution in [1.82, 2.24) is 0 Å². The second-order valence-electron chi connectivity index (χ2n) is 8.08. The SMILES string of the molecule is COc1ccc(OC)c(NC(=O)c2ccc(N3C(=O)[C@H]4[C@H](C3=O)[C@H]3C=C[C@H]4C3)cc2)c1. The van der Waals surface area contributed by atoms with Gasteiger partial charge in [0.1, 0.15) is 11.5 Å². The lowest BCUT2D eigenvalue weighted by molar-refractivity contribution is -0.123. The Labute approximate surface area is 179 Å². The van der Waals surface area contributed by atoms with E-state index in [4.69, 9.17) is 9.47 Å². The number of rotatable bonds is 5. The molecule has 2 aliphatic carbocycles. The van der Waals surface area contributed by atoms with Gasteiger partial charge < -0.3 is 14.8 Å². The largest absolute Gasteiger partial charge is 0.497 e. The van der Waals surface area contributed by atoms with Crippen LogP contribution in [0.5, 0.6) is 11.5 Å². The first kappa shape index (κ1) is 19.4. The fourth-order valence-corrected chi connectivity index (χ4v) is 5.02. The molecule has 1 saturated carbocycles. The van der Waals surface area contributed by atoms with Gasteiger partial charge in [-0.15, -0.1) is 0 Å². The second-order valence-corrected chi connectivity index (χ2v) is 8.08. The molecule has 0 aromatic heterocycles. The molecule has 3 amide bonds. The fourth-order valence-electron chi connectivity index (χ4n) is 5.02. The lowest BCUT2D eigenvalue weighted by atomic mass is 9.85. The van der Waals surface area contributed by atoms with Crippen LogP contribution in [0.25, 0.3) is 0 Å². The van der Waals surface area contributed by atoms with Crippen LogP contribution in [0.15, 0.2) is 54.6 Å². The molecule has 2 bridgehead atoms. The maximum Gasteiger partial charge on any atom is 0.255 e. The molecule has 1 heterocycles. The van der Waals surface area contributed by atoms with Crippen LogP contribution >= 0.6 is 0 Å². The lowest BCUT2D eigenvalue weighted by Gasteiger charge is -2.17. The Morgan fingerprint density at radius 3 is 2.16 bits per heavy atom. The number of fused-ring (bicyclic) bond motifs is 5. The van der Waals surface area contributed by atoms with Gasteiger partial charge in [-0.3, -0.25) is 19.3 Å². The summed E-state index contributed by atoms with van der Waals surface area (Å²) in [6.45, 7) is 0. The molecule has 7 nitrogen and oxygen atoms in total. The number of imide groups is 1. The van der Waals surface area contributed by atoms with Crippen molar-refractivity contribution in [3.63, 3.8) is 0 Å². The number of carbonyl (C=O) groups excluding carboxylic acids is 3. The smallest absolute Gasteiger partial charge is 0.255 e. The summed E-state index contributed by atoms with van der Waals surface area (Å²) in [5.41, 5.74) is 1.38. The number of ether oxygens (including phenoxy) is 2.